The molecule has 0 aliphatic heterocycles. The first-order chi connectivity index (χ1) is 9.31. The molecule has 0 radical (unpaired) electrons. The third-order valence-electron chi connectivity index (χ3n) is 2.73. The van der Waals surface area contributed by atoms with E-state index >= 15 is 0 Å². The molecule has 2 heterocycles. The van der Waals surface area contributed by atoms with Crippen molar-refractivity contribution in [2.24, 2.45) is 0 Å². The number of aromatic nitrogens is 3. The molecule has 0 bridgehead atoms. The summed E-state index contributed by atoms with van der Waals surface area (Å²) in [5, 5.41) is 6.32. The maximum Gasteiger partial charge on any atom is 0.138 e. The van der Waals surface area contributed by atoms with Crippen LogP contribution in [0.5, 0.6) is 0 Å². The van der Waals surface area contributed by atoms with Crippen LogP contribution in [0.3, 0.4) is 0 Å². The smallest absolute Gasteiger partial charge is 0.138 e. The summed E-state index contributed by atoms with van der Waals surface area (Å²) in [5.41, 5.74) is 1.04. The van der Waals surface area contributed by atoms with Crippen LogP contribution < -0.4 is 15.5 Å². The minimum atomic E-state index is 0.821. The van der Waals surface area contributed by atoms with E-state index in [2.05, 4.69) is 25.6 Å². The van der Waals surface area contributed by atoms with Gasteiger partial charge in [0.2, 0.25) is 0 Å². The molecule has 0 aromatic carbocycles. The minimum absolute atomic E-state index is 0.821. The van der Waals surface area contributed by atoms with E-state index in [-0.39, 0.29) is 0 Å². The summed E-state index contributed by atoms with van der Waals surface area (Å²) in [7, 11) is 3.89. The Kier molecular flexibility index (Phi) is 4.63. The highest BCUT2D eigenvalue weighted by Crippen LogP contribution is 2.21. The monoisotopic (exact) mass is 258 g/mol. The second-order valence-electron chi connectivity index (χ2n) is 4.06. The number of nitrogens with zero attached hydrogens (tertiary/aromatic N) is 4. The summed E-state index contributed by atoms with van der Waals surface area (Å²) in [6.07, 6.45) is 5.09. The third-order valence-corrected chi connectivity index (χ3v) is 2.73. The fourth-order valence-electron chi connectivity index (χ4n) is 1.64. The Bertz CT molecular complexity index is 501. The first kappa shape index (κ1) is 13.2. The number of likely N-dealkylation sites (N-methyl/N-ethyl adjacent to an activating group) is 1. The Morgan fingerprint density at radius 1 is 1.16 bits per heavy atom. The average Bonchev–Trinajstić information content (AvgIpc) is 2.48. The quantitative estimate of drug-likeness (QED) is 0.761. The molecule has 0 atom stereocenters. The number of rotatable bonds is 6. The van der Waals surface area contributed by atoms with Gasteiger partial charge >= 0.3 is 0 Å². The molecule has 0 aliphatic rings. The van der Waals surface area contributed by atoms with E-state index < -0.39 is 0 Å². The van der Waals surface area contributed by atoms with Crippen LogP contribution >= 0.6 is 0 Å². The lowest BCUT2D eigenvalue weighted by Crippen LogP contribution is -2.18. The number of hydrogen-bond donors (Lipinski definition) is 2. The van der Waals surface area contributed by atoms with E-state index in [0.717, 1.165) is 30.4 Å². The van der Waals surface area contributed by atoms with Gasteiger partial charge in [-0.3, -0.25) is 4.98 Å². The Labute approximate surface area is 112 Å². The van der Waals surface area contributed by atoms with E-state index in [0.29, 0.717) is 0 Å². The summed E-state index contributed by atoms with van der Waals surface area (Å²) in [5.74, 6) is 1.66. The molecule has 2 aromatic rings. The summed E-state index contributed by atoms with van der Waals surface area (Å²) >= 11 is 0. The SMILES string of the molecule is CNCCNc1cc(N(C)c2ccncc2)ncn1. The molecule has 2 rings (SSSR count). The number of hydrogen-bond acceptors (Lipinski definition) is 6. The van der Waals surface area contributed by atoms with Crippen LogP contribution in [-0.4, -0.2) is 42.1 Å². The zero-order valence-corrected chi connectivity index (χ0v) is 11.2. The molecule has 6 nitrogen and oxygen atoms in total. The zero-order valence-electron chi connectivity index (χ0n) is 11.2. The minimum Gasteiger partial charge on any atom is -0.369 e. The molecule has 0 fully saturated rings. The first-order valence-electron chi connectivity index (χ1n) is 6.15. The highest BCUT2D eigenvalue weighted by molar-refractivity contribution is 5.60. The van der Waals surface area contributed by atoms with Gasteiger partial charge in [-0.15, -0.1) is 0 Å². The van der Waals surface area contributed by atoms with Gasteiger partial charge in [-0.2, -0.15) is 0 Å². The molecule has 0 aliphatic carbocycles. The standard InChI is InChI=1S/C13H18N6/c1-14-7-8-16-12-9-13(18-10-17-12)19(2)11-3-5-15-6-4-11/h3-6,9-10,14H,7-8H2,1-2H3,(H,16,17,18). The number of anilines is 3. The van der Waals surface area contributed by atoms with E-state index in [1.165, 1.54) is 0 Å². The fraction of sp³-hybridized carbons (Fsp3) is 0.308. The van der Waals surface area contributed by atoms with Gasteiger partial charge in [0.15, 0.2) is 0 Å². The fourth-order valence-corrected chi connectivity index (χ4v) is 1.64. The molecule has 6 heteroatoms. The maximum absolute atomic E-state index is 4.28. The van der Waals surface area contributed by atoms with Gasteiger partial charge in [-0.05, 0) is 19.2 Å². The predicted molar refractivity (Wildman–Crippen MR) is 76.7 cm³/mol. The van der Waals surface area contributed by atoms with Gasteiger partial charge in [0, 0.05) is 44.3 Å². The van der Waals surface area contributed by atoms with Crippen molar-refractivity contribution in [1.82, 2.24) is 20.3 Å². The molecular formula is C13H18N6. The largest absolute Gasteiger partial charge is 0.369 e. The summed E-state index contributed by atoms with van der Waals surface area (Å²) in [4.78, 5) is 14.5. The molecule has 0 spiro atoms. The van der Waals surface area contributed by atoms with Crippen molar-refractivity contribution < 1.29 is 0 Å². The Balaban J connectivity index is 2.10. The van der Waals surface area contributed by atoms with E-state index in [1.807, 2.05) is 37.2 Å². The maximum atomic E-state index is 4.28. The lowest BCUT2D eigenvalue weighted by atomic mass is 10.3. The van der Waals surface area contributed by atoms with Crippen LogP contribution in [0.4, 0.5) is 17.3 Å². The molecule has 0 unspecified atom stereocenters. The summed E-state index contributed by atoms with van der Waals surface area (Å²) in [6, 6.07) is 5.81. The van der Waals surface area contributed by atoms with Crippen molar-refractivity contribution in [3.63, 3.8) is 0 Å². The van der Waals surface area contributed by atoms with Crippen LogP contribution in [0.1, 0.15) is 0 Å². The van der Waals surface area contributed by atoms with Crippen LogP contribution in [0, 0.1) is 0 Å². The van der Waals surface area contributed by atoms with Crippen molar-refractivity contribution >= 4 is 17.3 Å². The van der Waals surface area contributed by atoms with Gasteiger partial charge in [0.25, 0.3) is 0 Å². The van der Waals surface area contributed by atoms with Crippen molar-refractivity contribution in [2.45, 2.75) is 0 Å². The Hall–Kier alpha value is -2.21. The van der Waals surface area contributed by atoms with Crippen LogP contribution in [0.25, 0.3) is 0 Å². The van der Waals surface area contributed by atoms with E-state index in [9.17, 15) is 0 Å². The van der Waals surface area contributed by atoms with Crippen LogP contribution in [0.15, 0.2) is 36.9 Å². The highest BCUT2D eigenvalue weighted by atomic mass is 15.2. The van der Waals surface area contributed by atoms with Crippen LogP contribution in [0.2, 0.25) is 0 Å². The van der Waals surface area contributed by atoms with Gasteiger partial charge in [0.05, 0.1) is 0 Å². The van der Waals surface area contributed by atoms with Gasteiger partial charge in [-0.1, -0.05) is 0 Å². The van der Waals surface area contributed by atoms with Crippen molar-refractivity contribution in [1.29, 1.82) is 0 Å². The lowest BCUT2D eigenvalue weighted by molar-refractivity contribution is 0.820. The molecule has 2 aromatic heterocycles. The molecule has 2 N–H and O–H groups in total. The second kappa shape index (κ2) is 6.65. The average molecular weight is 258 g/mol. The summed E-state index contributed by atoms with van der Waals surface area (Å²) < 4.78 is 0. The van der Waals surface area contributed by atoms with Gasteiger partial charge in [0.1, 0.15) is 18.0 Å². The molecule has 100 valence electrons. The van der Waals surface area contributed by atoms with Gasteiger partial charge in [-0.25, -0.2) is 9.97 Å². The summed E-state index contributed by atoms with van der Waals surface area (Å²) in [6.45, 7) is 1.71. The van der Waals surface area contributed by atoms with Gasteiger partial charge < -0.3 is 15.5 Å². The molecule has 0 saturated heterocycles. The topological polar surface area (TPSA) is 66.0 Å². The third kappa shape index (κ3) is 3.62. The number of nitrogens with one attached hydrogen (secondary N) is 2. The normalized spacial score (nSPS) is 10.2. The van der Waals surface area contributed by atoms with Crippen molar-refractivity contribution in [3.05, 3.63) is 36.9 Å². The van der Waals surface area contributed by atoms with Crippen molar-refractivity contribution in [3.8, 4) is 0 Å². The zero-order chi connectivity index (χ0) is 13.5. The van der Waals surface area contributed by atoms with Crippen LogP contribution in [-0.2, 0) is 0 Å². The molecule has 19 heavy (non-hydrogen) atoms. The Morgan fingerprint density at radius 2 is 1.95 bits per heavy atom. The van der Waals surface area contributed by atoms with E-state index in [1.54, 1.807) is 18.7 Å². The number of pyridine rings is 1. The second-order valence-corrected chi connectivity index (χ2v) is 4.06. The molecule has 0 amide bonds. The Morgan fingerprint density at radius 3 is 2.68 bits per heavy atom. The first-order valence-corrected chi connectivity index (χ1v) is 6.15. The molecular weight excluding hydrogens is 240 g/mol. The lowest BCUT2D eigenvalue weighted by Gasteiger charge is -2.18. The van der Waals surface area contributed by atoms with Crippen molar-refractivity contribution in [2.75, 3.05) is 37.4 Å². The van der Waals surface area contributed by atoms with E-state index in [4.69, 9.17) is 0 Å². The predicted octanol–water partition coefficient (Wildman–Crippen LogP) is 1.27. The highest BCUT2D eigenvalue weighted by Gasteiger charge is 2.06. The molecule has 0 saturated carbocycles.